The Balaban J connectivity index is 0.000000148. The number of benzene rings is 5. The van der Waals surface area contributed by atoms with E-state index in [1.807, 2.05) is 126 Å². The van der Waals surface area contributed by atoms with E-state index in [0.29, 0.717) is 136 Å². The second-order valence-corrected chi connectivity index (χ2v) is 38.7. The molecule has 0 atom stereocenters. The zero-order valence-electron chi connectivity index (χ0n) is 76.2. The highest BCUT2D eigenvalue weighted by Crippen LogP contribution is 2.44. The third-order valence-corrected chi connectivity index (χ3v) is 28.9. The van der Waals surface area contributed by atoms with Crippen LogP contribution < -0.4 is 52.3 Å². The number of alkyl halides is 2. The molecule has 0 bridgehead atoms. The summed E-state index contributed by atoms with van der Waals surface area (Å²) < 4.78 is 91.9. The predicted octanol–water partition coefficient (Wildman–Crippen LogP) is 23.4. The van der Waals surface area contributed by atoms with E-state index in [9.17, 15) is 51.0 Å². The Morgan fingerprint density at radius 2 is 0.672 bits per heavy atom. The van der Waals surface area contributed by atoms with Gasteiger partial charge in [-0.2, -0.15) is 0 Å². The molecular formula is C104H125Cl5F6N10O6. The maximum absolute atomic E-state index is 15.3. The Morgan fingerprint density at radius 1 is 0.374 bits per heavy atom. The number of unbranched alkanes of at least 4 members (excludes halogenated alkanes) is 2. The maximum Gasteiger partial charge on any atom is 0.271 e. The number of aliphatic hydroxyl groups is 1. The number of anilines is 5. The highest BCUT2D eigenvalue weighted by atomic mass is 35.5. The van der Waals surface area contributed by atoms with Gasteiger partial charge in [0.15, 0.2) is 0 Å². The summed E-state index contributed by atoms with van der Waals surface area (Å²) in [6.07, 6.45) is 24.1. The van der Waals surface area contributed by atoms with E-state index >= 15 is 4.39 Å². The number of aliphatic hydroxyl groups excluding tert-OH is 1. The van der Waals surface area contributed by atoms with Gasteiger partial charge in [0.2, 0.25) is 0 Å². The van der Waals surface area contributed by atoms with Crippen molar-refractivity contribution in [2.45, 2.75) is 218 Å². The van der Waals surface area contributed by atoms with Crippen LogP contribution in [0.15, 0.2) is 213 Å². The minimum absolute atomic E-state index is 0.0482. The molecule has 704 valence electrons. The Kier molecular flexibility index (Phi) is 36.3. The van der Waals surface area contributed by atoms with Crippen molar-refractivity contribution >= 4 is 86.4 Å². The highest BCUT2D eigenvalue weighted by molar-refractivity contribution is 6.34. The van der Waals surface area contributed by atoms with Gasteiger partial charge in [-0.25, -0.2) is 22.0 Å². The van der Waals surface area contributed by atoms with E-state index in [4.69, 9.17) is 58.0 Å². The number of pyridine rings is 5. The van der Waals surface area contributed by atoms with Gasteiger partial charge in [0.25, 0.3) is 27.8 Å². The lowest BCUT2D eigenvalue weighted by Crippen LogP contribution is -2.45. The van der Waals surface area contributed by atoms with Crippen molar-refractivity contribution < 1.29 is 31.4 Å². The highest BCUT2D eigenvalue weighted by Gasteiger charge is 2.41. The van der Waals surface area contributed by atoms with Gasteiger partial charge in [0.05, 0.1) is 41.7 Å². The number of halogens is 11. The molecule has 16 nitrogen and oxygen atoms in total. The van der Waals surface area contributed by atoms with Crippen LogP contribution in [0.1, 0.15) is 197 Å². The molecule has 10 aromatic rings. The van der Waals surface area contributed by atoms with Crippen LogP contribution in [0.2, 0.25) is 25.1 Å². The number of aryl methyl sites for hydroxylation is 4. The number of piperidine rings is 5. The Bertz CT molecular complexity index is 5700. The molecule has 0 spiro atoms. The summed E-state index contributed by atoms with van der Waals surface area (Å²) in [6, 6.07) is 46.6. The SMILES string of the molecule is CC(C)CCn1ccc(N2CCC(F)(c3ccccc3)CC2)c(Cl)c1=O.CC(C)CCn1ccc(N2CCC(c3ccc(F)cc3F)CC2)c(Cl)c1=O.CCCCn1ccc(N2CCC(CO)(c3ccccc3)CC2)c(Cl)c1=O.CCCCn1ccc(N2CCC(c3ccc(F)cc3F)CC2)c(Cl)c1=O.O=c1c(Cl)c(N2CCC(CF)(c3ccccc3)CC2)ccn1CC1CC1. The lowest BCUT2D eigenvalue weighted by atomic mass is 9.73. The summed E-state index contributed by atoms with van der Waals surface area (Å²) in [6.45, 7) is 22.7. The van der Waals surface area contributed by atoms with Crippen LogP contribution in [0.3, 0.4) is 0 Å². The van der Waals surface area contributed by atoms with Gasteiger partial charge in [0, 0.05) is 165 Å². The topological polar surface area (TPSA) is 146 Å². The first-order valence-electron chi connectivity index (χ1n) is 46.6. The fraction of sp³-hybridized carbons (Fsp3) is 0.471. The minimum atomic E-state index is -1.31. The van der Waals surface area contributed by atoms with Gasteiger partial charge >= 0.3 is 0 Å². The van der Waals surface area contributed by atoms with Crippen LogP contribution >= 0.6 is 58.0 Å². The Hall–Kier alpha value is -9.16. The first kappa shape index (κ1) is 101. The molecule has 5 saturated heterocycles. The van der Waals surface area contributed by atoms with Crippen molar-refractivity contribution in [3.63, 3.8) is 0 Å². The molecule has 10 heterocycles. The molecule has 6 aliphatic rings. The number of aromatic nitrogens is 5. The average Bonchev–Trinajstić information content (AvgIpc) is 1.05. The smallest absolute Gasteiger partial charge is 0.271 e. The van der Waals surface area contributed by atoms with Gasteiger partial charge in [0.1, 0.15) is 54.1 Å². The molecule has 1 aliphatic carbocycles. The largest absolute Gasteiger partial charge is 0.395 e. The molecule has 5 aromatic heterocycles. The molecule has 0 amide bonds. The molecule has 6 fully saturated rings. The van der Waals surface area contributed by atoms with Gasteiger partial charge in [-0.05, 0) is 190 Å². The average molecular weight is 1900 g/mol. The lowest BCUT2D eigenvalue weighted by Gasteiger charge is -2.42. The molecule has 27 heteroatoms. The Morgan fingerprint density at radius 3 is 0.985 bits per heavy atom. The fourth-order valence-corrected chi connectivity index (χ4v) is 19.9. The van der Waals surface area contributed by atoms with E-state index in [1.54, 1.807) is 41.4 Å². The number of hydrogen-bond donors (Lipinski definition) is 1. The second kappa shape index (κ2) is 47.2. The molecular weight excluding hydrogens is 1780 g/mol. The molecule has 16 rings (SSSR count). The molecule has 0 radical (unpaired) electrons. The molecule has 131 heavy (non-hydrogen) atoms. The van der Waals surface area contributed by atoms with Crippen LogP contribution in [-0.2, 0) is 49.2 Å². The first-order chi connectivity index (χ1) is 63.0. The van der Waals surface area contributed by atoms with Crippen LogP contribution in [0.25, 0.3) is 0 Å². The van der Waals surface area contributed by atoms with Crippen molar-refractivity contribution in [2.24, 2.45) is 17.8 Å². The quantitative estimate of drug-likeness (QED) is 0.0517. The van der Waals surface area contributed by atoms with Crippen LogP contribution in [0.4, 0.5) is 54.8 Å². The monoisotopic (exact) mass is 1900 g/mol. The zero-order chi connectivity index (χ0) is 93.7. The van der Waals surface area contributed by atoms with Crippen molar-refractivity contribution in [3.8, 4) is 0 Å². The summed E-state index contributed by atoms with van der Waals surface area (Å²) in [5.74, 6) is -0.320. The molecule has 1 saturated carbocycles. The maximum atomic E-state index is 15.3. The summed E-state index contributed by atoms with van der Waals surface area (Å²) in [5, 5.41) is 11.4. The third-order valence-electron chi connectivity index (χ3n) is 27.1. The number of hydrogen-bond acceptors (Lipinski definition) is 11. The fourth-order valence-electron chi connectivity index (χ4n) is 18.4. The van der Waals surface area contributed by atoms with E-state index in [0.717, 1.165) is 156 Å². The van der Waals surface area contributed by atoms with Crippen LogP contribution in [0, 0.1) is 41.0 Å². The lowest BCUT2D eigenvalue weighted by molar-refractivity contribution is 0.125. The standard InChI is InChI=1S/C21H25ClF2N2O.C21H24ClFN2O.C21H26ClFN2O.C21H27ClN2O2.C20H23ClF2N2O/c1-14(2)5-9-26-12-8-19(20(22)21(26)27)25-10-6-15(7-11-25)17-4-3-16(23)13-18(17)24;22-19-18(8-11-25(20(19)26)14-16-6-7-16)24-12-9-21(15-23,10-13-24)17-4-2-1-3-5-17;1-16(2)8-12-25-13-9-18(19(22)20(25)26)24-14-10-21(23,11-15-24)17-6-4-3-5-7-17;1-2-3-12-24-13-9-18(19(22)20(24)26)23-14-10-21(16-25,11-15-23)17-7-5-4-6-8-17;1-2-3-9-25-12-8-18(19(21)20(25)26)24-10-6-14(7-11-24)16-5-4-15(22)13-17(16)23/h3-4,8,12-15H,5-7,9-11H2,1-2H3;1-5,8,11,16H,6-7,9-10,12-15H2;3-7,9,13,16H,8,10-12,14-15H2,1-2H3;4-9,13,25H,2-3,10-12,14-16H2,1H3;4-5,8,12-14H,2-3,6-7,9-11H2,1H3. The molecule has 0 unspecified atom stereocenters. The van der Waals surface area contributed by atoms with E-state index in [-0.39, 0.29) is 73.4 Å². The summed E-state index contributed by atoms with van der Waals surface area (Å²) >= 11 is 31.9. The van der Waals surface area contributed by atoms with Crippen LogP contribution in [-0.4, -0.2) is 107 Å². The summed E-state index contributed by atoms with van der Waals surface area (Å²) in [4.78, 5) is 73.0. The van der Waals surface area contributed by atoms with Crippen molar-refractivity contribution in [3.05, 3.63) is 317 Å². The van der Waals surface area contributed by atoms with Crippen molar-refractivity contribution in [1.82, 2.24) is 22.8 Å². The first-order valence-corrected chi connectivity index (χ1v) is 48.5. The summed E-state index contributed by atoms with van der Waals surface area (Å²) in [7, 11) is 0. The normalized spacial score (nSPS) is 16.8. The van der Waals surface area contributed by atoms with E-state index in [2.05, 4.69) is 73.3 Å². The Labute approximate surface area is 791 Å². The van der Waals surface area contributed by atoms with Gasteiger partial charge in [-0.15, -0.1) is 0 Å². The predicted molar refractivity (Wildman–Crippen MR) is 524 cm³/mol. The molecule has 5 aromatic carbocycles. The van der Waals surface area contributed by atoms with E-state index in [1.165, 1.54) is 42.7 Å². The van der Waals surface area contributed by atoms with Gasteiger partial charge in [-0.1, -0.05) is 216 Å². The van der Waals surface area contributed by atoms with Gasteiger partial charge in [-0.3, -0.25) is 28.4 Å². The van der Waals surface area contributed by atoms with E-state index < -0.39 is 34.4 Å². The zero-order valence-corrected chi connectivity index (χ0v) is 79.9. The van der Waals surface area contributed by atoms with Gasteiger partial charge < -0.3 is 52.4 Å². The number of nitrogens with zero attached hydrogens (tertiary/aromatic N) is 10. The van der Waals surface area contributed by atoms with Crippen LogP contribution in [0.5, 0.6) is 0 Å². The van der Waals surface area contributed by atoms with Crippen molar-refractivity contribution in [2.75, 3.05) is 103 Å². The second-order valence-electron chi connectivity index (χ2n) is 36.8. The summed E-state index contributed by atoms with van der Waals surface area (Å²) in [5.41, 5.74) is 5.23. The third kappa shape index (κ3) is 25.5. The molecule has 1 N–H and O–H groups in total. The number of rotatable bonds is 26. The molecule has 5 aliphatic heterocycles. The van der Waals surface area contributed by atoms with Crippen molar-refractivity contribution in [1.29, 1.82) is 0 Å². The minimum Gasteiger partial charge on any atom is -0.395 e.